The van der Waals surface area contributed by atoms with E-state index < -0.39 is 28.5 Å². The molecule has 11 heteroatoms. The lowest BCUT2D eigenvalue weighted by molar-refractivity contribution is -0.140. The number of halogens is 1. The lowest BCUT2D eigenvalue weighted by atomic mass is 10.0. The minimum atomic E-state index is -4.32. The highest BCUT2D eigenvalue weighted by atomic mass is 79.9. The zero-order chi connectivity index (χ0) is 35.0. The summed E-state index contributed by atoms with van der Waals surface area (Å²) in [5.74, 6) is -0.195. The van der Waals surface area contributed by atoms with Gasteiger partial charge in [0.25, 0.3) is 10.0 Å². The minimum Gasteiger partial charge on any atom is -0.497 e. The van der Waals surface area contributed by atoms with Gasteiger partial charge in [0.2, 0.25) is 11.8 Å². The van der Waals surface area contributed by atoms with E-state index in [2.05, 4.69) is 21.2 Å². The van der Waals surface area contributed by atoms with Gasteiger partial charge in [-0.2, -0.15) is 0 Å². The fraction of sp³-hybridized carbons (Fsp3) is 0.316. The normalized spacial score (nSPS) is 13.8. The molecule has 0 unspecified atom stereocenters. The summed E-state index contributed by atoms with van der Waals surface area (Å²) in [7, 11) is -1.40. The number of sulfonamides is 1. The van der Waals surface area contributed by atoms with E-state index in [4.69, 9.17) is 9.47 Å². The van der Waals surface area contributed by atoms with Crippen LogP contribution in [-0.4, -0.2) is 58.0 Å². The Hall–Kier alpha value is -4.35. The van der Waals surface area contributed by atoms with Crippen LogP contribution in [0.25, 0.3) is 0 Å². The van der Waals surface area contributed by atoms with Crippen molar-refractivity contribution in [1.82, 2.24) is 10.2 Å². The van der Waals surface area contributed by atoms with Crippen molar-refractivity contribution in [3.63, 3.8) is 0 Å². The third-order valence-corrected chi connectivity index (χ3v) is 11.1. The highest BCUT2D eigenvalue weighted by Gasteiger charge is 2.36. The summed E-state index contributed by atoms with van der Waals surface area (Å²) in [6, 6.07) is 27.4. The summed E-state index contributed by atoms with van der Waals surface area (Å²) in [5.41, 5.74) is 2.68. The first-order chi connectivity index (χ1) is 23.6. The van der Waals surface area contributed by atoms with E-state index in [-0.39, 0.29) is 41.2 Å². The average Bonchev–Trinajstić information content (AvgIpc) is 3.62. The van der Waals surface area contributed by atoms with Crippen molar-refractivity contribution < 1.29 is 27.5 Å². The molecule has 2 amide bonds. The number of rotatable bonds is 14. The van der Waals surface area contributed by atoms with Crippen molar-refractivity contribution in [2.75, 3.05) is 25.1 Å². The van der Waals surface area contributed by atoms with Crippen LogP contribution in [0.4, 0.5) is 5.69 Å². The SMILES string of the molecule is COc1ccc(OC)c(N(CC(=O)N(Cc2ccc(Br)cc2)[C@H](Cc2ccccc2)C(=O)NC2CCCC2)S(=O)(=O)c2ccc(C)cc2)c1. The predicted molar refractivity (Wildman–Crippen MR) is 194 cm³/mol. The standard InChI is InChI=1S/C38H42BrN3O6S/c1-27-13-20-33(21-14-27)49(45,46)42(34-24-32(47-2)19-22-36(34)48-3)26-37(43)41(25-29-15-17-30(39)18-16-29)35(23-28-9-5-4-6-10-28)38(44)40-31-11-7-8-12-31/h4-6,9-10,13-22,24,31,35H,7-8,11-12,23,25-26H2,1-3H3,(H,40,44)/t35-/m1/s1. The molecule has 9 nitrogen and oxygen atoms in total. The van der Waals surface area contributed by atoms with Gasteiger partial charge in [0.1, 0.15) is 24.1 Å². The Morgan fingerprint density at radius 3 is 2.18 bits per heavy atom. The summed E-state index contributed by atoms with van der Waals surface area (Å²) < 4.78 is 41.9. The molecule has 1 fully saturated rings. The highest BCUT2D eigenvalue weighted by molar-refractivity contribution is 9.10. The molecule has 5 rings (SSSR count). The number of ether oxygens (including phenoxy) is 2. The molecule has 258 valence electrons. The first-order valence-corrected chi connectivity index (χ1v) is 18.5. The lowest BCUT2D eigenvalue weighted by Crippen LogP contribution is -2.54. The summed E-state index contributed by atoms with van der Waals surface area (Å²) >= 11 is 3.48. The molecule has 0 bridgehead atoms. The Morgan fingerprint density at radius 2 is 1.55 bits per heavy atom. The largest absolute Gasteiger partial charge is 0.497 e. The van der Waals surface area contributed by atoms with Crippen molar-refractivity contribution in [2.24, 2.45) is 0 Å². The van der Waals surface area contributed by atoms with Crippen LogP contribution in [0.2, 0.25) is 0 Å². The van der Waals surface area contributed by atoms with Crippen LogP contribution in [0.1, 0.15) is 42.4 Å². The van der Waals surface area contributed by atoms with E-state index in [0.717, 1.165) is 51.2 Å². The number of nitrogens with zero attached hydrogens (tertiary/aromatic N) is 2. The van der Waals surface area contributed by atoms with Gasteiger partial charge in [0.05, 0.1) is 24.8 Å². The Labute approximate surface area is 297 Å². The molecule has 1 aliphatic carbocycles. The molecule has 1 saturated carbocycles. The zero-order valence-corrected chi connectivity index (χ0v) is 30.4. The van der Waals surface area contributed by atoms with Crippen molar-refractivity contribution in [3.8, 4) is 11.5 Å². The zero-order valence-electron chi connectivity index (χ0n) is 28.0. The number of anilines is 1. The Morgan fingerprint density at radius 1 is 0.878 bits per heavy atom. The second kappa shape index (κ2) is 16.4. The molecule has 1 N–H and O–H groups in total. The monoisotopic (exact) mass is 747 g/mol. The van der Waals surface area contributed by atoms with Crippen LogP contribution < -0.4 is 19.1 Å². The molecule has 0 radical (unpaired) electrons. The van der Waals surface area contributed by atoms with E-state index in [1.54, 1.807) is 24.3 Å². The minimum absolute atomic E-state index is 0.00930. The van der Waals surface area contributed by atoms with E-state index in [0.29, 0.717) is 5.75 Å². The molecular weight excluding hydrogens is 706 g/mol. The van der Waals surface area contributed by atoms with E-state index >= 15 is 0 Å². The molecule has 0 saturated heterocycles. The van der Waals surface area contributed by atoms with Crippen LogP contribution in [-0.2, 0) is 32.6 Å². The predicted octanol–water partition coefficient (Wildman–Crippen LogP) is 6.67. The number of carbonyl (C=O) groups excluding carboxylic acids is 2. The maximum Gasteiger partial charge on any atom is 0.264 e. The third kappa shape index (κ3) is 9.01. The van der Waals surface area contributed by atoms with Gasteiger partial charge in [-0.05, 0) is 67.3 Å². The average molecular weight is 749 g/mol. The van der Waals surface area contributed by atoms with Crippen molar-refractivity contribution in [3.05, 3.63) is 118 Å². The lowest BCUT2D eigenvalue weighted by Gasteiger charge is -2.34. The molecule has 49 heavy (non-hydrogen) atoms. The number of amides is 2. The number of aryl methyl sites for hydroxylation is 1. The second-order valence-corrected chi connectivity index (χ2v) is 15.0. The highest BCUT2D eigenvalue weighted by Crippen LogP contribution is 2.36. The van der Waals surface area contributed by atoms with Gasteiger partial charge in [-0.3, -0.25) is 13.9 Å². The number of carbonyl (C=O) groups is 2. The van der Waals surface area contributed by atoms with E-state index in [1.807, 2.05) is 61.5 Å². The molecule has 0 aliphatic heterocycles. The maximum atomic E-state index is 14.8. The Balaban J connectivity index is 1.61. The van der Waals surface area contributed by atoms with E-state index in [1.165, 1.54) is 37.3 Å². The van der Waals surface area contributed by atoms with Gasteiger partial charge < -0.3 is 19.7 Å². The van der Waals surface area contributed by atoms with Crippen LogP contribution >= 0.6 is 15.9 Å². The summed E-state index contributed by atoms with van der Waals surface area (Å²) in [4.78, 5) is 30.5. The van der Waals surface area contributed by atoms with Crippen LogP contribution in [0.15, 0.2) is 106 Å². The Bertz CT molecular complexity index is 1830. The maximum absolute atomic E-state index is 14.8. The second-order valence-electron chi connectivity index (χ2n) is 12.2. The molecule has 0 aromatic heterocycles. The molecule has 1 aliphatic rings. The Kier molecular flexibility index (Phi) is 12.0. The fourth-order valence-corrected chi connectivity index (χ4v) is 7.73. The number of methoxy groups -OCH3 is 2. The number of hydrogen-bond acceptors (Lipinski definition) is 6. The fourth-order valence-electron chi connectivity index (χ4n) is 6.05. The van der Waals surface area contributed by atoms with Gasteiger partial charge in [-0.1, -0.05) is 88.9 Å². The summed E-state index contributed by atoms with van der Waals surface area (Å²) in [6.07, 6.45) is 4.06. The quantitative estimate of drug-likeness (QED) is 0.155. The van der Waals surface area contributed by atoms with Crippen LogP contribution in [0, 0.1) is 6.92 Å². The molecule has 1 atom stereocenters. The number of hydrogen-bond donors (Lipinski definition) is 1. The summed E-state index contributed by atoms with van der Waals surface area (Å²) in [6.45, 7) is 1.35. The van der Waals surface area contributed by atoms with Crippen molar-refractivity contribution in [2.45, 2.75) is 62.6 Å². The summed E-state index contributed by atoms with van der Waals surface area (Å²) in [5, 5.41) is 3.20. The van der Waals surface area contributed by atoms with Gasteiger partial charge in [0.15, 0.2) is 0 Å². The molecule has 0 heterocycles. The van der Waals surface area contributed by atoms with Gasteiger partial charge in [0, 0.05) is 29.5 Å². The van der Waals surface area contributed by atoms with Crippen molar-refractivity contribution >= 4 is 43.5 Å². The van der Waals surface area contributed by atoms with Gasteiger partial charge in [-0.25, -0.2) is 8.42 Å². The van der Waals surface area contributed by atoms with Crippen LogP contribution in [0.3, 0.4) is 0 Å². The van der Waals surface area contributed by atoms with Crippen LogP contribution in [0.5, 0.6) is 11.5 Å². The third-order valence-electron chi connectivity index (χ3n) is 8.78. The molecule has 4 aromatic carbocycles. The molecule has 0 spiro atoms. The number of benzene rings is 4. The van der Waals surface area contributed by atoms with Gasteiger partial charge in [-0.15, -0.1) is 0 Å². The first kappa shape index (κ1) is 35.9. The first-order valence-electron chi connectivity index (χ1n) is 16.3. The smallest absolute Gasteiger partial charge is 0.264 e. The van der Waals surface area contributed by atoms with E-state index in [9.17, 15) is 18.0 Å². The topological polar surface area (TPSA) is 105 Å². The molecular formula is C38H42BrN3O6S. The molecule has 4 aromatic rings. The van der Waals surface area contributed by atoms with Crippen molar-refractivity contribution in [1.29, 1.82) is 0 Å². The van der Waals surface area contributed by atoms with Gasteiger partial charge >= 0.3 is 0 Å². The number of nitrogens with one attached hydrogen (secondary N) is 1.